The summed E-state index contributed by atoms with van der Waals surface area (Å²) in [6.07, 6.45) is 0. The largest absolute Gasteiger partial charge is 0.478 e. The highest BCUT2D eigenvalue weighted by molar-refractivity contribution is 9.10. The number of hydrogen-bond acceptors (Lipinski definition) is 3. The van der Waals surface area contributed by atoms with E-state index in [1.807, 2.05) is 0 Å². The number of aryl methyl sites for hydroxylation is 1. The van der Waals surface area contributed by atoms with E-state index in [-0.39, 0.29) is 11.5 Å². The minimum absolute atomic E-state index is 0.183. The Hall–Kier alpha value is -1.66. The summed E-state index contributed by atoms with van der Waals surface area (Å²) in [6, 6.07) is 6.60. The van der Waals surface area contributed by atoms with E-state index < -0.39 is 5.97 Å². The second-order valence-electron chi connectivity index (χ2n) is 3.89. The maximum Gasteiger partial charge on any atom is 0.336 e. The summed E-state index contributed by atoms with van der Waals surface area (Å²) in [5, 5.41) is 13.5. The molecule has 0 spiro atoms. The molecule has 0 fully saturated rings. The monoisotopic (exact) mass is 339 g/mol. The quantitative estimate of drug-likeness (QED) is 0.894. The van der Waals surface area contributed by atoms with Crippen LogP contribution in [0.15, 0.2) is 34.1 Å². The number of carbonyl (C=O) groups excluding carboxylic acids is 1. The van der Waals surface area contributed by atoms with E-state index >= 15 is 0 Å². The maximum absolute atomic E-state index is 12.0. The highest BCUT2D eigenvalue weighted by atomic mass is 79.9. The molecule has 98 valence electrons. The molecule has 2 rings (SSSR count). The Kier molecular flexibility index (Phi) is 4.01. The van der Waals surface area contributed by atoms with Crippen LogP contribution in [0.5, 0.6) is 0 Å². The molecule has 19 heavy (non-hydrogen) atoms. The molecule has 0 radical (unpaired) electrons. The van der Waals surface area contributed by atoms with Crippen molar-refractivity contribution in [1.82, 2.24) is 0 Å². The van der Waals surface area contributed by atoms with Crippen LogP contribution in [0, 0.1) is 6.92 Å². The number of carbonyl (C=O) groups is 2. The molecule has 0 saturated heterocycles. The summed E-state index contributed by atoms with van der Waals surface area (Å²) in [5.74, 6) is -1.27. The molecular weight excluding hydrogens is 330 g/mol. The van der Waals surface area contributed by atoms with Crippen LogP contribution in [-0.2, 0) is 0 Å². The molecule has 1 aromatic heterocycles. The summed E-state index contributed by atoms with van der Waals surface area (Å²) in [6.45, 7) is 1.71. The first kappa shape index (κ1) is 13.8. The summed E-state index contributed by atoms with van der Waals surface area (Å²) in [5.41, 5.74) is 1.30. The highest BCUT2D eigenvalue weighted by Gasteiger charge is 2.13. The van der Waals surface area contributed by atoms with Crippen molar-refractivity contribution in [3.8, 4) is 0 Å². The zero-order valence-electron chi connectivity index (χ0n) is 9.94. The Bertz CT molecular complexity index is 651. The third-order valence-corrected chi connectivity index (χ3v) is 4.39. The van der Waals surface area contributed by atoms with E-state index in [2.05, 4.69) is 21.2 Å². The number of thiophene rings is 1. The van der Waals surface area contributed by atoms with Crippen molar-refractivity contribution in [3.05, 3.63) is 50.1 Å². The van der Waals surface area contributed by atoms with Crippen LogP contribution < -0.4 is 5.32 Å². The molecule has 0 aliphatic heterocycles. The fourth-order valence-electron chi connectivity index (χ4n) is 1.57. The van der Waals surface area contributed by atoms with Crippen LogP contribution in [-0.4, -0.2) is 17.0 Å². The number of hydrogen-bond donors (Lipinski definition) is 2. The molecule has 4 nitrogen and oxygen atoms in total. The van der Waals surface area contributed by atoms with Crippen LogP contribution in [0.1, 0.15) is 25.6 Å². The molecule has 0 bridgehead atoms. The Labute approximate surface area is 122 Å². The number of carboxylic acids is 1. The summed E-state index contributed by atoms with van der Waals surface area (Å²) < 4.78 is 0.723. The molecule has 1 heterocycles. The third-order valence-electron chi connectivity index (χ3n) is 2.55. The third kappa shape index (κ3) is 3.02. The van der Waals surface area contributed by atoms with Gasteiger partial charge in [-0.15, -0.1) is 11.3 Å². The number of rotatable bonds is 3. The van der Waals surface area contributed by atoms with Crippen molar-refractivity contribution in [2.24, 2.45) is 0 Å². The van der Waals surface area contributed by atoms with E-state index in [1.54, 1.807) is 30.5 Å². The van der Waals surface area contributed by atoms with Gasteiger partial charge in [0.15, 0.2) is 0 Å². The van der Waals surface area contributed by atoms with E-state index in [9.17, 15) is 9.59 Å². The average Bonchev–Trinajstić information content (AvgIpc) is 2.77. The van der Waals surface area contributed by atoms with Gasteiger partial charge in [-0.3, -0.25) is 4.79 Å². The molecule has 0 saturated carbocycles. The number of anilines is 1. The fraction of sp³-hybridized carbons (Fsp3) is 0.0769. The zero-order valence-corrected chi connectivity index (χ0v) is 12.3. The lowest BCUT2D eigenvalue weighted by Crippen LogP contribution is -2.11. The van der Waals surface area contributed by atoms with Crippen molar-refractivity contribution < 1.29 is 14.7 Å². The topological polar surface area (TPSA) is 66.4 Å². The number of benzene rings is 1. The van der Waals surface area contributed by atoms with E-state index in [0.29, 0.717) is 16.1 Å². The molecule has 0 unspecified atom stereocenters. The Morgan fingerprint density at radius 1 is 1.32 bits per heavy atom. The zero-order chi connectivity index (χ0) is 14.0. The van der Waals surface area contributed by atoms with Gasteiger partial charge in [0.2, 0.25) is 0 Å². The van der Waals surface area contributed by atoms with Crippen LogP contribution in [0.4, 0.5) is 5.69 Å². The van der Waals surface area contributed by atoms with Crippen molar-refractivity contribution in [2.75, 3.05) is 5.32 Å². The molecule has 1 aromatic carbocycles. The molecule has 2 aromatic rings. The SMILES string of the molecule is Cc1ccc(NC(=O)c2sccc2Br)cc1C(=O)O. The van der Waals surface area contributed by atoms with Gasteiger partial charge < -0.3 is 10.4 Å². The number of aromatic carboxylic acids is 1. The Morgan fingerprint density at radius 2 is 2.05 bits per heavy atom. The van der Waals surface area contributed by atoms with Gasteiger partial charge in [0.25, 0.3) is 5.91 Å². The lowest BCUT2D eigenvalue weighted by molar-refractivity contribution is 0.0695. The normalized spacial score (nSPS) is 10.2. The second-order valence-corrected chi connectivity index (χ2v) is 5.66. The van der Waals surface area contributed by atoms with E-state index in [0.717, 1.165) is 4.47 Å². The highest BCUT2D eigenvalue weighted by Crippen LogP contribution is 2.24. The van der Waals surface area contributed by atoms with Crippen molar-refractivity contribution >= 4 is 44.8 Å². The van der Waals surface area contributed by atoms with Crippen LogP contribution in [0.3, 0.4) is 0 Å². The lowest BCUT2D eigenvalue weighted by Gasteiger charge is -2.07. The molecule has 0 aliphatic carbocycles. The van der Waals surface area contributed by atoms with Crippen molar-refractivity contribution in [2.45, 2.75) is 6.92 Å². The van der Waals surface area contributed by atoms with Gasteiger partial charge in [-0.2, -0.15) is 0 Å². The molecule has 2 N–H and O–H groups in total. The Morgan fingerprint density at radius 3 is 2.63 bits per heavy atom. The van der Waals surface area contributed by atoms with Gasteiger partial charge in [-0.1, -0.05) is 6.07 Å². The minimum Gasteiger partial charge on any atom is -0.478 e. The molecule has 6 heteroatoms. The summed E-state index contributed by atoms with van der Waals surface area (Å²) >= 11 is 4.60. The van der Waals surface area contributed by atoms with Gasteiger partial charge in [-0.25, -0.2) is 4.79 Å². The summed E-state index contributed by atoms with van der Waals surface area (Å²) in [4.78, 5) is 23.6. The number of amides is 1. The standard InChI is InChI=1S/C13H10BrNO3S/c1-7-2-3-8(6-9(7)13(17)18)15-12(16)11-10(14)4-5-19-11/h2-6H,1H3,(H,15,16)(H,17,18). The lowest BCUT2D eigenvalue weighted by atomic mass is 10.1. The maximum atomic E-state index is 12.0. The molecule has 0 atom stereocenters. The number of nitrogens with one attached hydrogen (secondary N) is 1. The minimum atomic E-state index is -1.01. The first-order valence-corrected chi connectivity index (χ1v) is 7.04. The smallest absolute Gasteiger partial charge is 0.336 e. The first-order valence-electron chi connectivity index (χ1n) is 5.37. The number of halogens is 1. The van der Waals surface area contributed by atoms with Crippen molar-refractivity contribution in [1.29, 1.82) is 0 Å². The van der Waals surface area contributed by atoms with Gasteiger partial charge in [-0.05, 0) is 52.0 Å². The number of carboxylic acid groups (broad SMARTS) is 1. The predicted octanol–water partition coefficient (Wildman–Crippen LogP) is 3.77. The van der Waals surface area contributed by atoms with E-state index in [1.165, 1.54) is 17.4 Å². The van der Waals surface area contributed by atoms with Crippen molar-refractivity contribution in [3.63, 3.8) is 0 Å². The van der Waals surface area contributed by atoms with Crippen LogP contribution in [0.25, 0.3) is 0 Å². The second kappa shape index (κ2) is 5.54. The molecule has 0 aliphatic rings. The first-order chi connectivity index (χ1) is 8.99. The average molecular weight is 340 g/mol. The van der Waals surface area contributed by atoms with Gasteiger partial charge >= 0.3 is 5.97 Å². The summed E-state index contributed by atoms with van der Waals surface area (Å²) in [7, 11) is 0. The van der Waals surface area contributed by atoms with Gasteiger partial charge in [0, 0.05) is 10.2 Å². The van der Waals surface area contributed by atoms with E-state index in [4.69, 9.17) is 5.11 Å². The fourth-order valence-corrected chi connectivity index (χ4v) is 3.02. The van der Waals surface area contributed by atoms with Gasteiger partial charge in [0.05, 0.1) is 5.56 Å². The molecule has 1 amide bonds. The predicted molar refractivity (Wildman–Crippen MR) is 78.1 cm³/mol. The molecular formula is C13H10BrNO3S. The van der Waals surface area contributed by atoms with Gasteiger partial charge in [0.1, 0.15) is 4.88 Å². The van der Waals surface area contributed by atoms with Crippen LogP contribution in [0.2, 0.25) is 0 Å². The Balaban J connectivity index is 2.25. The van der Waals surface area contributed by atoms with Crippen LogP contribution >= 0.6 is 27.3 Å².